The van der Waals surface area contributed by atoms with Gasteiger partial charge in [-0.1, -0.05) is 6.92 Å². The van der Waals surface area contributed by atoms with Crippen LogP contribution in [0.15, 0.2) is 0 Å². The first kappa shape index (κ1) is 13.3. The molecular formula is C14H28N2O. The summed E-state index contributed by atoms with van der Waals surface area (Å²) in [5.74, 6) is 1.00. The largest absolute Gasteiger partial charge is 0.383 e. The van der Waals surface area contributed by atoms with Crippen molar-refractivity contribution in [3.63, 3.8) is 0 Å². The zero-order valence-corrected chi connectivity index (χ0v) is 11.5. The van der Waals surface area contributed by atoms with E-state index in [-0.39, 0.29) is 0 Å². The molecule has 0 spiro atoms. The highest BCUT2D eigenvalue weighted by Gasteiger charge is 2.26. The van der Waals surface area contributed by atoms with Crippen LogP contribution >= 0.6 is 0 Å². The van der Waals surface area contributed by atoms with Gasteiger partial charge in [-0.15, -0.1) is 0 Å². The molecule has 100 valence electrons. The Morgan fingerprint density at radius 2 is 1.94 bits per heavy atom. The molecule has 17 heavy (non-hydrogen) atoms. The molecule has 1 heterocycles. The molecule has 3 nitrogen and oxygen atoms in total. The summed E-state index contributed by atoms with van der Waals surface area (Å²) in [6, 6.07) is 1.40. The highest BCUT2D eigenvalue weighted by Crippen LogP contribution is 2.28. The van der Waals surface area contributed by atoms with E-state index in [2.05, 4.69) is 17.1 Å². The Kier molecular flexibility index (Phi) is 5.26. The Labute approximate surface area is 106 Å². The first-order chi connectivity index (χ1) is 8.33. The van der Waals surface area contributed by atoms with Gasteiger partial charge in [0.15, 0.2) is 0 Å². The van der Waals surface area contributed by atoms with Gasteiger partial charge < -0.3 is 10.1 Å². The van der Waals surface area contributed by atoms with Gasteiger partial charge in [0, 0.05) is 32.3 Å². The molecule has 1 aliphatic carbocycles. The Balaban J connectivity index is 1.64. The summed E-state index contributed by atoms with van der Waals surface area (Å²) in [4.78, 5) is 2.61. The Morgan fingerprint density at radius 1 is 1.24 bits per heavy atom. The van der Waals surface area contributed by atoms with Crippen LogP contribution < -0.4 is 5.32 Å². The molecule has 3 heteroatoms. The van der Waals surface area contributed by atoms with E-state index in [1.54, 1.807) is 0 Å². The van der Waals surface area contributed by atoms with Gasteiger partial charge >= 0.3 is 0 Å². The fourth-order valence-corrected chi connectivity index (χ4v) is 2.80. The summed E-state index contributed by atoms with van der Waals surface area (Å²) >= 11 is 0. The second-order valence-electron chi connectivity index (χ2n) is 5.68. The van der Waals surface area contributed by atoms with Crippen LogP contribution in [0.3, 0.4) is 0 Å². The molecule has 0 amide bonds. The lowest BCUT2D eigenvalue weighted by atomic mass is 10.0. The second-order valence-corrected chi connectivity index (χ2v) is 5.68. The molecule has 0 bridgehead atoms. The maximum absolute atomic E-state index is 5.30. The number of rotatable bonds is 7. The van der Waals surface area contributed by atoms with E-state index < -0.39 is 0 Å². The number of nitrogens with zero attached hydrogens (tertiary/aromatic N) is 1. The number of hydrogen-bond donors (Lipinski definition) is 1. The van der Waals surface area contributed by atoms with E-state index >= 15 is 0 Å². The first-order valence-electron chi connectivity index (χ1n) is 7.29. The summed E-state index contributed by atoms with van der Waals surface area (Å²) in [5, 5.41) is 3.74. The lowest BCUT2D eigenvalue weighted by Crippen LogP contribution is -2.48. The lowest BCUT2D eigenvalue weighted by Gasteiger charge is -2.37. The van der Waals surface area contributed by atoms with Crippen LogP contribution in [-0.2, 0) is 4.74 Å². The minimum atomic E-state index is 0.629. The molecule has 1 atom stereocenters. The highest BCUT2D eigenvalue weighted by molar-refractivity contribution is 4.83. The fourth-order valence-electron chi connectivity index (χ4n) is 2.80. The monoisotopic (exact) mass is 240 g/mol. The van der Waals surface area contributed by atoms with Gasteiger partial charge in [0.1, 0.15) is 0 Å². The van der Waals surface area contributed by atoms with Crippen molar-refractivity contribution in [2.24, 2.45) is 5.92 Å². The van der Waals surface area contributed by atoms with Gasteiger partial charge in [0.2, 0.25) is 0 Å². The topological polar surface area (TPSA) is 24.5 Å². The maximum Gasteiger partial charge on any atom is 0.0617 e. The van der Waals surface area contributed by atoms with Crippen LogP contribution in [0.4, 0.5) is 0 Å². The smallest absolute Gasteiger partial charge is 0.0617 e. The number of hydrogen-bond acceptors (Lipinski definition) is 3. The molecule has 1 saturated heterocycles. The molecule has 1 unspecified atom stereocenters. The first-order valence-corrected chi connectivity index (χ1v) is 7.29. The molecule has 0 aromatic heterocycles. The number of likely N-dealkylation sites (tertiary alicyclic amines) is 1. The van der Waals surface area contributed by atoms with Crippen LogP contribution in [0.25, 0.3) is 0 Å². The van der Waals surface area contributed by atoms with Crippen LogP contribution in [0.1, 0.15) is 39.0 Å². The van der Waals surface area contributed by atoms with Crippen molar-refractivity contribution in [3.8, 4) is 0 Å². The van der Waals surface area contributed by atoms with Gasteiger partial charge in [-0.3, -0.25) is 4.90 Å². The van der Waals surface area contributed by atoms with Crippen LogP contribution in [0, 0.1) is 5.92 Å². The van der Waals surface area contributed by atoms with E-state index in [0.717, 1.165) is 18.6 Å². The minimum Gasteiger partial charge on any atom is -0.383 e. The third-order valence-electron chi connectivity index (χ3n) is 4.27. The van der Waals surface area contributed by atoms with E-state index in [9.17, 15) is 0 Å². The fraction of sp³-hybridized carbons (Fsp3) is 1.00. The van der Waals surface area contributed by atoms with Gasteiger partial charge in [-0.05, 0) is 44.6 Å². The molecule has 2 rings (SSSR count). The molecule has 0 aromatic carbocycles. The van der Waals surface area contributed by atoms with Crippen molar-refractivity contribution in [3.05, 3.63) is 0 Å². The van der Waals surface area contributed by atoms with Gasteiger partial charge in [-0.2, -0.15) is 0 Å². The Morgan fingerprint density at radius 3 is 2.47 bits per heavy atom. The van der Waals surface area contributed by atoms with Crippen molar-refractivity contribution >= 4 is 0 Å². The lowest BCUT2D eigenvalue weighted by molar-refractivity contribution is 0.0676. The van der Waals surface area contributed by atoms with Gasteiger partial charge in [0.25, 0.3) is 0 Å². The number of ether oxygens (including phenoxy) is 1. The minimum absolute atomic E-state index is 0.629. The Bertz CT molecular complexity index is 210. The predicted molar refractivity (Wildman–Crippen MR) is 71.3 cm³/mol. The third kappa shape index (κ3) is 4.23. The normalized spacial score (nSPS) is 25.1. The summed E-state index contributed by atoms with van der Waals surface area (Å²) in [6.07, 6.45) is 6.74. The zero-order chi connectivity index (χ0) is 12.1. The predicted octanol–water partition coefficient (Wildman–Crippen LogP) is 1.88. The standard InChI is InChI=1S/C14H28N2O/c1-3-14(11-17-2)16-8-6-13(7-9-16)15-10-12-4-5-12/h12-15H,3-11H2,1-2H3. The third-order valence-corrected chi connectivity index (χ3v) is 4.27. The van der Waals surface area contributed by atoms with Gasteiger partial charge in [0.05, 0.1) is 6.61 Å². The summed E-state index contributed by atoms with van der Waals surface area (Å²) < 4.78 is 5.30. The number of nitrogens with one attached hydrogen (secondary N) is 1. The van der Waals surface area contributed by atoms with E-state index in [1.165, 1.54) is 51.7 Å². The molecule has 2 fully saturated rings. The molecular weight excluding hydrogens is 212 g/mol. The van der Waals surface area contributed by atoms with E-state index in [0.29, 0.717) is 6.04 Å². The van der Waals surface area contributed by atoms with E-state index in [4.69, 9.17) is 4.74 Å². The zero-order valence-electron chi connectivity index (χ0n) is 11.5. The van der Waals surface area contributed by atoms with Crippen LogP contribution in [0.2, 0.25) is 0 Å². The molecule has 1 aliphatic heterocycles. The Hall–Kier alpha value is -0.120. The molecule has 1 N–H and O–H groups in total. The average molecular weight is 240 g/mol. The van der Waals surface area contributed by atoms with Crippen LogP contribution in [0.5, 0.6) is 0 Å². The van der Waals surface area contributed by atoms with Gasteiger partial charge in [-0.25, -0.2) is 0 Å². The van der Waals surface area contributed by atoms with Crippen molar-refractivity contribution in [1.29, 1.82) is 0 Å². The van der Waals surface area contributed by atoms with Crippen molar-refractivity contribution in [1.82, 2.24) is 10.2 Å². The molecule has 0 aromatic rings. The second kappa shape index (κ2) is 6.72. The summed E-state index contributed by atoms with van der Waals surface area (Å²) in [7, 11) is 1.81. The van der Waals surface area contributed by atoms with Crippen molar-refractivity contribution in [2.45, 2.75) is 51.1 Å². The summed E-state index contributed by atoms with van der Waals surface area (Å²) in [5.41, 5.74) is 0. The SMILES string of the molecule is CCC(COC)N1CCC(NCC2CC2)CC1. The highest BCUT2D eigenvalue weighted by atomic mass is 16.5. The molecule has 1 saturated carbocycles. The molecule has 2 aliphatic rings. The summed E-state index contributed by atoms with van der Waals surface area (Å²) in [6.45, 7) is 6.89. The van der Waals surface area contributed by atoms with Crippen LogP contribution in [-0.4, -0.2) is 50.3 Å². The maximum atomic E-state index is 5.30. The quantitative estimate of drug-likeness (QED) is 0.735. The number of piperidine rings is 1. The molecule has 0 radical (unpaired) electrons. The average Bonchev–Trinajstić information content (AvgIpc) is 3.18. The van der Waals surface area contributed by atoms with Crippen molar-refractivity contribution < 1.29 is 4.74 Å². The van der Waals surface area contributed by atoms with Crippen molar-refractivity contribution in [2.75, 3.05) is 33.4 Å². The number of methoxy groups -OCH3 is 1. The van der Waals surface area contributed by atoms with E-state index in [1.807, 2.05) is 7.11 Å².